The summed E-state index contributed by atoms with van der Waals surface area (Å²) in [6.07, 6.45) is 0. The third-order valence-electron chi connectivity index (χ3n) is 12.2. The van der Waals surface area contributed by atoms with Crippen LogP contribution < -0.4 is 4.90 Å². The van der Waals surface area contributed by atoms with Gasteiger partial charge in [0, 0.05) is 49.3 Å². The highest BCUT2D eigenvalue weighted by Gasteiger charge is 2.22. The van der Waals surface area contributed by atoms with Crippen molar-refractivity contribution < 1.29 is 4.42 Å². The van der Waals surface area contributed by atoms with Crippen LogP contribution in [-0.2, 0) is 0 Å². The smallest absolute Gasteiger partial charge is 0.143 e. The van der Waals surface area contributed by atoms with Crippen LogP contribution in [0, 0.1) is 0 Å². The highest BCUT2D eigenvalue weighted by Crippen LogP contribution is 2.47. The summed E-state index contributed by atoms with van der Waals surface area (Å²) in [5.74, 6) is 0. The van der Waals surface area contributed by atoms with E-state index < -0.39 is 0 Å². The van der Waals surface area contributed by atoms with Gasteiger partial charge in [-0.05, 0) is 94.5 Å². The number of hydrogen-bond acceptors (Lipinski definition) is 2. The van der Waals surface area contributed by atoms with Crippen molar-refractivity contribution in [3.63, 3.8) is 0 Å². The number of hydrogen-bond donors (Lipinski definition) is 0. The van der Waals surface area contributed by atoms with Crippen LogP contribution in [0.25, 0.3) is 93.6 Å². The van der Waals surface area contributed by atoms with Crippen LogP contribution in [0.4, 0.5) is 17.1 Å². The maximum atomic E-state index is 6.55. The molecule has 286 valence electrons. The summed E-state index contributed by atoms with van der Waals surface area (Å²) in [6.45, 7) is 0. The fraction of sp³-hybridized carbons (Fsp3) is 0. The summed E-state index contributed by atoms with van der Waals surface area (Å²) in [7, 11) is 0. The minimum absolute atomic E-state index is 0.890. The molecule has 0 aliphatic heterocycles. The number of aromatic nitrogens is 1. The maximum absolute atomic E-state index is 6.55. The van der Waals surface area contributed by atoms with Crippen molar-refractivity contribution in [2.24, 2.45) is 0 Å². The van der Waals surface area contributed by atoms with Gasteiger partial charge >= 0.3 is 0 Å². The first-order valence-electron chi connectivity index (χ1n) is 20.8. The topological polar surface area (TPSA) is 21.3 Å². The zero-order chi connectivity index (χ0) is 40.3. The summed E-state index contributed by atoms with van der Waals surface area (Å²) < 4.78 is 8.92. The second kappa shape index (κ2) is 14.3. The van der Waals surface area contributed by atoms with Gasteiger partial charge in [0.15, 0.2) is 0 Å². The van der Waals surface area contributed by atoms with E-state index >= 15 is 0 Å². The second-order valence-electron chi connectivity index (χ2n) is 15.7. The average molecular weight is 779 g/mol. The molecule has 10 aromatic carbocycles. The molecule has 3 heteroatoms. The van der Waals surface area contributed by atoms with Crippen molar-refractivity contribution >= 4 is 71.6 Å². The highest BCUT2D eigenvalue weighted by molar-refractivity contribution is 6.20. The molecule has 0 saturated carbocycles. The molecule has 0 saturated heterocycles. The molecule has 0 fully saturated rings. The van der Waals surface area contributed by atoms with Gasteiger partial charge in [-0.1, -0.05) is 164 Å². The third kappa shape index (κ3) is 5.82. The molecular weight excluding hydrogens is 741 g/mol. The molecule has 61 heavy (non-hydrogen) atoms. The van der Waals surface area contributed by atoms with Crippen molar-refractivity contribution in [2.75, 3.05) is 4.90 Å². The molecule has 0 aliphatic rings. The predicted molar refractivity (Wildman–Crippen MR) is 257 cm³/mol. The summed E-state index contributed by atoms with van der Waals surface area (Å²) in [4.78, 5) is 2.42. The Balaban J connectivity index is 0.989. The van der Waals surface area contributed by atoms with Crippen molar-refractivity contribution in [3.8, 4) is 39.1 Å². The largest absolute Gasteiger partial charge is 0.455 e. The van der Waals surface area contributed by atoms with Crippen molar-refractivity contribution in [1.82, 2.24) is 4.57 Å². The molecule has 12 aromatic rings. The van der Waals surface area contributed by atoms with Gasteiger partial charge in [-0.15, -0.1) is 0 Å². The molecule has 12 rings (SSSR count). The Kier molecular flexibility index (Phi) is 8.17. The molecule has 0 spiro atoms. The van der Waals surface area contributed by atoms with E-state index in [1.165, 1.54) is 44.1 Å². The molecule has 3 nitrogen and oxygen atoms in total. The third-order valence-corrected chi connectivity index (χ3v) is 12.2. The molecule has 0 N–H and O–H groups in total. The van der Waals surface area contributed by atoms with Crippen LogP contribution in [0.5, 0.6) is 0 Å². The van der Waals surface area contributed by atoms with E-state index in [1.807, 2.05) is 6.07 Å². The quantitative estimate of drug-likeness (QED) is 0.161. The zero-order valence-corrected chi connectivity index (χ0v) is 33.2. The first kappa shape index (κ1) is 34.9. The van der Waals surface area contributed by atoms with Crippen LogP contribution in [0.15, 0.2) is 235 Å². The van der Waals surface area contributed by atoms with E-state index in [0.29, 0.717) is 0 Å². The number of rotatable bonds is 7. The standard InChI is InChI=1S/C58H38N2O/c1-3-16-40(17-4-1)46-22-9-12-27-53(46)60(56-38-52-49-25-11-14-29-57(49)61-58(52)50-26-8-7-23-47(50)56)45-33-30-39(31-34-45)41-18-15-19-42(36-41)43-32-35-55-51(37-43)48-24-10-13-28-54(48)59(55)44-20-5-2-6-21-44/h1-38H. The Morgan fingerprint density at radius 1 is 0.328 bits per heavy atom. The number of nitrogens with zero attached hydrogens (tertiary/aromatic N) is 2. The van der Waals surface area contributed by atoms with E-state index in [2.05, 4.69) is 234 Å². The minimum Gasteiger partial charge on any atom is -0.455 e. The minimum atomic E-state index is 0.890. The van der Waals surface area contributed by atoms with E-state index in [9.17, 15) is 0 Å². The van der Waals surface area contributed by atoms with Crippen molar-refractivity contribution in [2.45, 2.75) is 0 Å². The molecule has 2 heterocycles. The predicted octanol–water partition coefficient (Wildman–Crippen LogP) is 16.3. The number of anilines is 3. The fourth-order valence-corrected chi connectivity index (χ4v) is 9.34. The molecule has 0 amide bonds. The number of benzene rings is 10. The van der Waals surface area contributed by atoms with Gasteiger partial charge in [0.25, 0.3) is 0 Å². The van der Waals surface area contributed by atoms with E-state index in [4.69, 9.17) is 4.42 Å². The first-order valence-corrected chi connectivity index (χ1v) is 20.8. The molecule has 0 atom stereocenters. The Hall–Kier alpha value is -8.14. The van der Waals surface area contributed by atoms with Gasteiger partial charge in [0.05, 0.1) is 22.4 Å². The lowest BCUT2D eigenvalue weighted by Crippen LogP contribution is -2.12. The Labute approximate surface area is 353 Å². The Bertz CT molecular complexity index is 3580. The lowest BCUT2D eigenvalue weighted by atomic mass is 9.97. The SMILES string of the molecule is c1ccc(-c2ccccc2N(c2ccc(-c3cccc(-c4ccc5c(c4)c4ccccc4n5-c4ccccc4)c3)cc2)c2cc3c4ccccc4oc3c3ccccc23)cc1. The Morgan fingerprint density at radius 3 is 1.74 bits per heavy atom. The van der Waals surface area contributed by atoms with Gasteiger partial charge in [-0.2, -0.15) is 0 Å². The van der Waals surface area contributed by atoms with Gasteiger partial charge in [-0.25, -0.2) is 0 Å². The van der Waals surface area contributed by atoms with Crippen LogP contribution >= 0.6 is 0 Å². The zero-order valence-electron chi connectivity index (χ0n) is 33.2. The molecular formula is C58H38N2O. The van der Waals surface area contributed by atoms with Gasteiger partial charge in [0.2, 0.25) is 0 Å². The van der Waals surface area contributed by atoms with Gasteiger partial charge in [-0.3, -0.25) is 0 Å². The lowest BCUT2D eigenvalue weighted by molar-refractivity contribution is 0.672. The number of fused-ring (bicyclic) bond motifs is 8. The first-order chi connectivity index (χ1) is 30.3. The van der Waals surface area contributed by atoms with Crippen molar-refractivity contribution in [3.05, 3.63) is 231 Å². The van der Waals surface area contributed by atoms with Gasteiger partial charge in [0.1, 0.15) is 11.2 Å². The van der Waals surface area contributed by atoms with Crippen LogP contribution in [0.3, 0.4) is 0 Å². The Morgan fingerprint density at radius 2 is 0.918 bits per heavy atom. The summed E-state index contributed by atoms with van der Waals surface area (Å²) in [5, 5.41) is 6.92. The summed E-state index contributed by atoms with van der Waals surface area (Å²) in [6, 6.07) is 82.9. The van der Waals surface area contributed by atoms with E-state index in [0.717, 1.165) is 66.6 Å². The highest BCUT2D eigenvalue weighted by atomic mass is 16.3. The lowest BCUT2D eigenvalue weighted by Gasteiger charge is -2.29. The van der Waals surface area contributed by atoms with Crippen LogP contribution in [0.1, 0.15) is 0 Å². The van der Waals surface area contributed by atoms with E-state index in [1.54, 1.807) is 0 Å². The monoisotopic (exact) mass is 778 g/mol. The average Bonchev–Trinajstić information content (AvgIpc) is 3.88. The normalized spacial score (nSPS) is 11.6. The maximum Gasteiger partial charge on any atom is 0.143 e. The summed E-state index contributed by atoms with van der Waals surface area (Å²) in [5.41, 5.74) is 15.7. The van der Waals surface area contributed by atoms with E-state index in [-0.39, 0.29) is 0 Å². The molecule has 0 bridgehead atoms. The molecule has 0 aliphatic carbocycles. The number of para-hydroxylation sites is 4. The fourth-order valence-electron chi connectivity index (χ4n) is 9.34. The number of furan rings is 1. The van der Waals surface area contributed by atoms with Crippen LogP contribution in [0.2, 0.25) is 0 Å². The van der Waals surface area contributed by atoms with Gasteiger partial charge < -0.3 is 13.9 Å². The molecule has 0 radical (unpaired) electrons. The summed E-state index contributed by atoms with van der Waals surface area (Å²) >= 11 is 0. The second-order valence-corrected chi connectivity index (χ2v) is 15.7. The molecule has 0 unspecified atom stereocenters. The molecule has 2 aromatic heterocycles. The van der Waals surface area contributed by atoms with Crippen LogP contribution in [-0.4, -0.2) is 4.57 Å². The van der Waals surface area contributed by atoms with Crippen molar-refractivity contribution in [1.29, 1.82) is 0 Å².